The van der Waals surface area contributed by atoms with Crippen molar-refractivity contribution in [2.45, 2.75) is 12.8 Å². The molecular formula is C24H21Cl3N4O3. The van der Waals surface area contributed by atoms with Crippen molar-refractivity contribution >= 4 is 63.2 Å². The third kappa shape index (κ3) is 5.38. The number of hydrogen-bond acceptors (Lipinski definition) is 7. The number of halogens is 3. The van der Waals surface area contributed by atoms with Crippen LogP contribution in [0.2, 0.25) is 15.1 Å². The van der Waals surface area contributed by atoms with Gasteiger partial charge in [0.15, 0.2) is 17.1 Å². The second-order valence-electron chi connectivity index (χ2n) is 7.43. The number of rotatable bonds is 9. The van der Waals surface area contributed by atoms with Gasteiger partial charge in [0.1, 0.15) is 0 Å². The number of unbranched alkanes of at least 4 members (excludes halogenated alkanes) is 1. The molecule has 2 aromatic heterocycles. The fourth-order valence-electron chi connectivity index (χ4n) is 3.51. The number of carbonyl (C=O) groups excluding carboxylic acids is 1. The van der Waals surface area contributed by atoms with Crippen molar-refractivity contribution in [1.29, 1.82) is 0 Å². The van der Waals surface area contributed by atoms with Gasteiger partial charge in [-0.2, -0.15) is 0 Å². The molecule has 0 aliphatic carbocycles. The molecule has 0 aliphatic heterocycles. The van der Waals surface area contributed by atoms with Crippen LogP contribution < -0.4 is 10.6 Å². The summed E-state index contributed by atoms with van der Waals surface area (Å²) in [7, 11) is 1.30. The number of nitrogens with one attached hydrogen (secondary N) is 2. The van der Waals surface area contributed by atoms with E-state index in [1.54, 1.807) is 24.4 Å². The van der Waals surface area contributed by atoms with Crippen molar-refractivity contribution in [2.24, 2.45) is 0 Å². The van der Waals surface area contributed by atoms with Gasteiger partial charge in [-0.3, -0.25) is 4.98 Å². The number of fused-ring (bicyclic) bond motifs is 1. The molecule has 0 bridgehead atoms. The van der Waals surface area contributed by atoms with Crippen molar-refractivity contribution < 1.29 is 14.1 Å². The highest BCUT2D eigenvalue weighted by molar-refractivity contribution is 6.36. The van der Waals surface area contributed by atoms with Gasteiger partial charge in [-0.1, -0.05) is 40.0 Å². The first-order valence-corrected chi connectivity index (χ1v) is 11.7. The molecule has 10 heteroatoms. The second-order valence-corrected chi connectivity index (χ2v) is 8.71. The lowest BCUT2D eigenvalue weighted by Crippen LogP contribution is -2.10. The summed E-state index contributed by atoms with van der Waals surface area (Å²) in [6.45, 7) is 1.34. The van der Waals surface area contributed by atoms with E-state index in [9.17, 15) is 4.79 Å². The number of esters is 1. The predicted molar refractivity (Wildman–Crippen MR) is 136 cm³/mol. The van der Waals surface area contributed by atoms with Crippen molar-refractivity contribution in [3.63, 3.8) is 0 Å². The Morgan fingerprint density at radius 1 is 1.00 bits per heavy atom. The Morgan fingerprint density at radius 3 is 2.50 bits per heavy atom. The summed E-state index contributed by atoms with van der Waals surface area (Å²) in [6, 6.07) is 12.5. The van der Waals surface area contributed by atoms with Gasteiger partial charge < -0.3 is 19.9 Å². The third-order valence-electron chi connectivity index (χ3n) is 5.17. The number of methoxy groups -OCH3 is 1. The largest absolute Gasteiger partial charge is 0.465 e. The highest BCUT2D eigenvalue weighted by atomic mass is 35.5. The molecule has 2 N–H and O–H groups in total. The lowest BCUT2D eigenvalue weighted by Gasteiger charge is -2.10. The van der Waals surface area contributed by atoms with Crippen LogP contribution in [0.15, 0.2) is 53.2 Å². The van der Waals surface area contributed by atoms with Crippen LogP contribution in [0.5, 0.6) is 0 Å². The highest BCUT2D eigenvalue weighted by Gasteiger charge is 2.26. The molecular weight excluding hydrogens is 499 g/mol. The Labute approximate surface area is 211 Å². The maximum atomic E-state index is 12.4. The quantitative estimate of drug-likeness (QED) is 0.183. The minimum atomic E-state index is -0.573. The van der Waals surface area contributed by atoms with Gasteiger partial charge in [0, 0.05) is 46.0 Å². The number of nitrogens with zero attached hydrogens (tertiary/aromatic N) is 2. The van der Waals surface area contributed by atoms with E-state index in [0.717, 1.165) is 36.0 Å². The van der Waals surface area contributed by atoms with Gasteiger partial charge >= 0.3 is 5.97 Å². The van der Waals surface area contributed by atoms with Gasteiger partial charge in [-0.25, -0.2) is 4.79 Å². The molecule has 0 spiro atoms. The Morgan fingerprint density at radius 2 is 1.74 bits per heavy atom. The zero-order chi connectivity index (χ0) is 24.1. The highest BCUT2D eigenvalue weighted by Crippen LogP contribution is 2.36. The summed E-state index contributed by atoms with van der Waals surface area (Å²) in [6.07, 6.45) is 3.46. The Bertz CT molecular complexity index is 1330. The maximum Gasteiger partial charge on any atom is 0.345 e. The topological polar surface area (TPSA) is 89.3 Å². The van der Waals surface area contributed by atoms with Crippen LogP contribution in [0.1, 0.15) is 23.2 Å². The fraction of sp³-hybridized carbons (Fsp3) is 0.208. The molecule has 2 aromatic carbocycles. The molecule has 0 saturated carbocycles. The first kappa shape index (κ1) is 24.1. The van der Waals surface area contributed by atoms with Crippen molar-refractivity contribution in [1.82, 2.24) is 10.1 Å². The van der Waals surface area contributed by atoms with E-state index in [2.05, 4.69) is 20.8 Å². The normalized spacial score (nSPS) is 10.9. The average Bonchev–Trinajstić information content (AvgIpc) is 3.24. The minimum absolute atomic E-state index is 0.187. The number of ether oxygens (including phenoxy) is 1. The molecule has 0 unspecified atom stereocenters. The zero-order valence-electron chi connectivity index (χ0n) is 18.2. The molecule has 2 heterocycles. The van der Waals surface area contributed by atoms with Crippen LogP contribution >= 0.6 is 34.8 Å². The van der Waals surface area contributed by atoms with E-state index < -0.39 is 5.97 Å². The number of pyridine rings is 1. The molecule has 0 aliphatic rings. The zero-order valence-corrected chi connectivity index (χ0v) is 20.5. The van der Waals surface area contributed by atoms with Crippen LogP contribution in [-0.4, -0.2) is 36.3 Å². The van der Waals surface area contributed by atoms with Gasteiger partial charge in [0.25, 0.3) is 0 Å². The average molecular weight is 520 g/mol. The summed E-state index contributed by atoms with van der Waals surface area (Å²) in [5, 5.41) is 13.1. The summed E-state index contributed by atoms with van der Waals surface area (Å²) >= 11 is 18.3. The number of carbonyl (C=O) groups is 1. The lowest BCUT2D eigenvalue weighted by molar-refractivity contribution is 0.0602. The smallest absolute Gasteiger partial charge is 0.345 e. The second kappa shape index (κ2) is 11.0. The molecule has 4 rings (SSSR count). The molecule has 34 heavy (non-hydrogen) atoms. The maximum absolute atomic E-state index is 12.4. The van der Waals surface area contributed by atoms with E-state index in [1.807, 2.05) is 24.3 Å². The lowest BCUT2D eigenvalue weighted by atomic mass is 10.1. The number of hydrogen-bond donors (Lipinski definition) is 2. The third-order valence-corrected chi connectivity index (χ3v) is 5.96. The number of anilines is 2. The Kier molecular flexibility index (Phi) is 7.77. The molecule has 0 saturated heterocycles. The summed E-state index contributed by atoms with van der Waals surface area (Å²) in [5.41, 5.74) is 2.54. The number of benzene rings is 2. The molecule has 0 atom stereocenters. The van der Waals surface area contributed by atoms with Crippen LogP contribution in [0.3, 0.4) is 0 Å². The molecule has 7 nitrogen and oxygen atoms in total. The van der Waals surface area contributed by atoms with Crippen molar-refractivity contribution in [3.05, 3.63) is 69.3 Å². The molecule has 0 fully saturated rings. The van der Waals surface area contributed by atoms with E-state index in [0.29, 0.717) is 33.0 Å². The van der Waals surface area contributed by atoms with Crippen LogP contribution in [0.25, 0.3) is 22.2 Å². The van der Waals surface area contributed by atoms with Gasteiger partial charge in [0.05, 0.1) is 17.6 Å². The van der Waals surface area contributed by atoms with Gasteiger partial charge in [-0.15, -0.1) is 0 Å². The molecule has 176 valence electrons. The SMILES string of the molecule is COC(=O)c1c(NCCCCNc2ccnc3cc(Cl)ccc23)noc1-c1ccc(Cl)cc1Cl. The first-order chi connectivity index (χ1) is 16.5. The van der Waals surface area contributed by atoms with Gasteiger partial charge in [-0.05, 0) is 55.3 Å². The monoisotopic (exact) mass is 518 g/mol. The number of aromatic nitrogens is 2. The van der Waals surface area contributed by atoms with Crippen molar-refractivity contribution in [2.75, 3.05) is 30.8 Å². The molecule has 4 aromatic rings. The van der Waals surface area contributed by atoms with Crippen LogP contribution in [0, 0.1) is 0 Å². The van der Waals surface area contributed by atoms with Gasteiger partial charge in [0.2, 0.25) is 0 Å². The van der Waals surface area contributed by atoms with E-state index in [1.165, 1.54) is 7.11 Å². The minimum Gasteiger partial charge on any atom is -0.465 e. The predicted octanol–water partition coefficient (Wildman–Crippen LogP) is 6.94. The summed E-state index contributed by atoms with van der Waals surface area (Å²) < 4.78 is 10.4. The fourth-order valence-corrected chi connectivity index (χ4v) is 4.18. The standard InChI is InChI=1S/C24H21Cl3N4O3/c1-33-24(32)21-22(16-6-4-14(25)12-18(16)27)34-31-23(21)30-10-3-2-9-28-19-8-11-29-20-13-15(26)5-7-17(19)20/h4-8,11-13H,2-3,9-10H2,1H3,(H,28,29)(H,30,31). The summed E-state index contributed by atoms with van der Waals surface area (Å²) in [4.78, 5) is 16.8. The Balaban J connectivity index is 1.36. The molecule has 0 radical (unpaired) electrons. The van der Waals surface area contributed by atoms with Crippen molar-refractivity contribution in [3.8, 4) is 11.3 Å². The van der Waals surface area contributed by atoms with E-state index in [4.69, 9.17) is 44.1 Å². The van der Waals surface area contributed by atoms with Crippen LogP contribution in [-0.2, 0) is 4.74 Å². The first-order valence-electron chi connectivity index (χ1n) is 10.5. The molecule has 0 amide bonds. The summed E-state index contributed by atoms with van der Waals surface area (Å²) in [5.74, 6) is -0.0451. The van der Waals surface area contributed by atoms with E-state index in [-0.39, 0.29) is 11.3 Å². The van der Waals surface area contributed by atoms with Crippen LogP contribution in [0.4, 0.5) is 11.5 Å². The van der Waals surface area contributed by atoms with E-state index >= 15 is 0 Å². The Hall–Kier alpha value is -3.00.